The van der Waals surface area contributed by atoms with E-state index in [4.69, 9.17) is 11.6 Å². The minimum Gasteiger partial charge on any atom is -0.395 e. The number of nitrogens with zero attached hydrogens (tertiary/aromatic N) is 1. The number of benzene rings is 1. The van der Waals surface area contributed by atoms with Gasteiger partial charge in [-0.1, -0.05) is 36.6 Å². The maximum absolute atomic E-state index is 9.99. The fourth-order valence-electron chi connectivity index (χ4n) is 5.69. The molecule has 32 heavy (non-hydrogen) atoms. The summed E-state index contributed by atoms with van der Waals surface area (Å²) in [5.41, 5.74) is 1.38. The van der Waals surface area contributed by atoms with E-state index in [0.717, 1.165) is 49.5 Å². The summed E-state index contributed by atoms with van der Waals surface area (Å²) in [7, 11) is 0. The van der Waals surface area contributed by atoms with Crippen molar-refractivity contribution in [2.75, 3.05) is 45.9 Å². The third kappa shape index (κ3) is 7.41. The minimum absolute atomic E-state index is 0.0410. The van der Waals surface area contributed by atoms with Crippen LogP contribution in [0.3, 0.4) is 0 Å². The number of aliphatic hydroxyl groups is 1. The highest BCUT2D eigenvalue weighted by atomic mass is 35.5. The molecule has 0 spiro atoms. The SMILES string of the molecule is CC1CNC(CO)CNC2(Cc3ccc(Cl)cc3)CCCN(CC(CC3CC3)CCN1)C2. The first kappa shape index (κ1) is 24.4. The quantitative estimate of drug-likeness (QED) is 0.541. The molecule has 0 amide bonds. The van der Waals surface area contributed by atoms with Crippen LogP contribution in [-0.2, 0) is 6.42 Å². The zero-order valence-electron chi connectivity index (χ0n) is 19.8. The van der Waals surface area contributed by atoms with Crippen LogP contribution < -0.4 is 16.0 Å². The first-order valence-corrected chi connectivity index (χ1v) is 13.2. The Morgan fingerprint density at radius 3 is 2.66 bits per heavy atom. The van der Waals surface area contributed by atoms with Crippen molar-refractivity contribution in [1.29, 1.82) is 0 Å². The summed E-state index contributed by atoms with van der Waals surface area (Å²) in [5, 5.41) is 22.0. The molecular formula is C26H43ClN4O. The predicted octanol–water partition coefficient (Wildman–Crippen LogP) is 3.06. The smallest absolute Gasteiger partial charge is 0.0597 e. The maximum atomic E-state index is 9.99. The molecule has 5 unspecified atom stereocenters. The number of fused-ring (bicyclic) bond motifs is 2. The van der Waals surface area contributed by atoms with Crippen LogP contribution in [0.4, 0.5) is 0 Å². The zero-order chi connectivity index (χ0) is 22.4. The van der Waals surface area contributed by atoms with E-state index in [1.54, 1.807) is 0 Å². The van der Waals surface area contributed by atoms with Gasteiger partial charge in [-0.15, -0.1) is 0 Å². The molecule has 180 valence electrons. The van der Waals surface area contributed by atoms with Gasteiger partial charge in [0.25, 0.3) is 0 Å². The second-order valence-corrected chi connectivity index (χ2v) is 11.2. The Morgan fingerprint density at radius 2 is 1.91 bits per heavy atom. The van der Waals surface area contributed by atoms with Gasteiger partial charge in [0.15, 0.2) is 0 Å². The molecule has 0 radical (unpaired) electrons. The molecule has 4 N–H and O–H groups in total. The van der Waals surface area contributed by atoms with Crippen molar-refractivity contribution < 1.29 is 5.11 Å². The third-order valence-corrected chi connectivity index (χ3v) is 7.95. The van der Waals surface area contributed by atoms with Crippen LogP contribution in [0.15, 0.2) is 24.3 Å². The van der Waals surface area contributed by atoms with Crippen molar-refractivity contribution in [2.45, 2.75) is 69.5 Å². The molecule has 3 aliphatic rings. The molecule has 5 nitrogen and oxygen atoms in total. The molecule has 5 atom stereocenters. The fourth-order valence-corrected chi connectivity index (χ4v) is 5.82. The Bertz CT molecular complexity index is 698. The number of rotatable bonds is 5. The Labute approximate surface area is 199 Å². The van der Waals surface area contributed by atoms with Gasteiger partial charge >= 0.3 is 0 Å². The van der Waals surface area contributed by atoms with Crippen molar-refractivity contribution in [2.24, 2.45) is 11.8 Å². The van der Waals surface area contributed by atoms with Gasteiger partial charge in [0.2, 0.25) is 0 Å². The summed E-state index contributed by atoms with van der Waals surface area (Å²) in [6.45, 7) is 8.67. The number of hydrogen-bond donors (Lipinski definition) is 4. The van der Waals surface area contributed by atoms with E-state index >= 15 is 0 Å². The summed E-state index contributed by atoms with van der Waals surface area (Å²) < 4.78 is 0. The van der Waals surface area contributed by atoms with E-state index in [1.807, 2.05) is 12.1 Å². The molecule has 4 rings (SSSR count). The average molecular weight is 463 g/mol. The average Bonchev–Trinajstić information content (AvgIpc) is 3.59. The minimum atomic E-state index is 0.0410. The van der Waals surface area contributed by atoms with Crippen molar-refractivity contribution in [1.82, 2.24) is 20.9 Å². The van der Waals surface area contributed by atoms with Crippen molar-refractivity contribution in [3.63, 3.8) is 0 Å². The lowest BCUT2D eigenvalue weighted by Gasteiger charge is -2.45. The normalized spacial score (nSPS) is 35.2. The fraction of sp³-hybridized carbons (Fsp3) is 0.769. The molecule has 3 fully saturated rings. The topological polar surface area (TPSA) is 59.6 Å². The van der Waals surface area contributed by atoms with Crippen molar-refractivity contribution in [3.8, 4) is 0 Å². The van der Waals surface area contributed by atoms with Crippen molar-refractivity contribution >= 4 is 11.6 Å². The van der Waals surface area contributed by atoms with E-state index in [-0.39, 0.29) is 18.2 Å². The van der Waals surface area contributed by atoms with Crippen molar-refractivity contribution in [3.05, 3.63) is 34.9 Å². The second kappa shape index (κ2) is 11.6. The summed E-state index contributed by atoms with van der Waals surface area (Å²) in [6.07, 6.45) is 8.94. The molecule has 2 bridgehead atoms. The van der Waals surface area contributed by atoms with Gasteiger partial charge in [0.05, 0.1) is 6.61 Å². The van der Waals surface area contributed by atoms with Crippen LogP contribution in [0.1, 0.15) is 51.0 Å². The second-order valence-electron chi connectivity index (χ2n) is 10.8. The lowest BCUT2D eigenvalue weighted by atomic mass is 9.82. The van der Waals surface area contributed by atoms with Gasteiger partial charge in [-0.25, -0.2) is 0 Å². The molecule has 1 saturated carbocycles. The van der Waals surface area contributed by atoms with Gasteiger partial charge in [0, 0.05) is 48.8 Å². The predicted molar refractivity (Wildman–Crippen MR) is 133 cm³/mol. The molecule has 0 aromatic heterocycles. The summed E-state index contributed by atoms with van der Waals surface area (Å²) in [6, 6.07) is 8.85. The largest absolute Gasteiger partial charge is 0.395 e. The molecular weight excluding hydrogens is 420 g/mol. The van der Waals surface area contributed by atoms with E-state index in [1.165, 1.54) is 57.2 Å². The maximum Gasteiger partial charge on any atom is 0.0597 e. The molecule has 2 aliphatic heterocycles. The van der Waals surface area contributed by atoms with E-state index in [9.17, 15) is 5.11 Å². The van der Waals surface area contributed by atoms with Gasteiger partial charge in [-0.05, 0) is 81.6 Å². The molecule has 2 saturated heterocycles. The number of halogens is 1. The van der Waals surface area contributed by atoms with E-state index in [0.29, 0.717) is 6.04 Å². The van der Waals surface area contributed by atoms with Crippen LogP contribution >= 0.6 is 11.6 Å². The lowest BCUT2D eigenvalue weighted by Crippen LogP contribution is -2.61. The number of hydrogen-bond acceptors (Lipinski definition) is 5. The number of nitrogens with one attached hydrogen (secondary N) is 3. The van der Waals surface area contributed by atoms with E-state index in [2.05, 4.69) is 39.9 Å². The number of aliphatic hydroxyl groups excluding tert-OH is 1. The Morgan fingerprint density at radius 1 is 1.09 bits per heavy atom. The highest BCUT2D eigenvalue weighted by molar-refractivity contribution is 6.30. The van der Waals surface area contributed by atoms with Crippen LogP contribution in [0.5, 0.6) is 0 Å². The highest BCUT2D eigenvalue weighted by Gasteiger charge is 2.37. The summed E-state index contributed by atoms with van der Waals surface area (Å²) in [5.74, 6) is 1.76. The first-order chi connectivity index (χ1) is 15.5. The van der Waals surface area contributed by atoms with Crippen LogP contribution in [0, 0.1) is 11.8 Å². The zero-order valence-corrected chi connectivity index (χ0v) is 20.5. The summed E-state index contributed by atoms with van der Waals surface area (Å²) >= 11 is 6.15. The number of piperidine rings is 1. The third-order valence-electron chi connectivity index (χ3n) is 7.69. The standard InChI is InChI=1S/C26H43ClN4O/c1-20-15-29-25(18-32)16-30-26(14-22-5-7-24(27)8-6-22)10-2-12-31(19-26)17-23(9-11-28-20)13-21-3-4-21/h5-8,20-21,23,25,28-30,32H,2-4,9-19H2,1H3. The van der Waals surface area contributed by atoms with Crippen LogP contribution in [0.25, 0.3) is 0 Å². The van der Waals surface area contributed by atoms with Gasteiger partial charge in [-0.2, -0.15) is 0 Å². The Kier molecular flexibility index (Phi) is 8.88. The molecule has 6 heteroatoms. The molecule has 2 heterocycles. The van der Waals surface area contributed by atoms with Crippen LogP contribution in [0.2, 0.25) is 5.02 Å². The highest BCUT2D eigenvalue weighted by Crippen LogP contribution is 2.37. The van der Waals surface area contributed by atoms with E-state index < -0.39 is 0 Å². The molecule has 1 aliphatic carbocycles. The van der Waals surface area contributed by atoms with Gasteiger partial charge < -0.3 is 26.0 Å². The Balaban J connectivity index is 1.51. The molecule has 1 aromatic carbocycles. The first-order valence-electron chi connectivity index (χ1n) is 12.8. The van der Waals surface area contributed by atoms with Crippen LogP contribution in [-0.4, -0.2) is 73.5 Å². The Hall–Kier alpha value is -0.690. The lowest BCUT2D eigenvalue weighted by molar-refractivity contribution is 0.0946. The molecule has 1 aromatic rings. The monoisotopic (exact) mass is 462 g/mol. The van der Waals surface area contributed by atoms with Gasteiger partial charge in [-0.3, -0.25) is 0 Å². The summed E-state index contributed by atoms with van der Waals surface area (Å²) in [4.78, 5) is 2.73. The van der Waals surface area contributed by atoms with Gasteiger partial charge in [0.1, 0.15) is 0 Å².